The number of likely N-dealkylation sites (tertiary alicyclic amines) is 1. The monoisotopic (exact) mass is 480 g/mol. The number of fused-ring (bicyclic) bond motifs is 2. The number of rotatable bonds is 5. The molecule has 2 saturated heterocycles. The SMILES string of the molecule is C[C@@H]1CC2CN(C(=O)COC3(c4ccccc4Br)CC3)CC1N2c1ccc(C#N)cn1. The molecule has 3 aliphatic rings. The molecular formula is C24H25BrN4O2. The summed E-state index contributed by atoms with van der Waals surface area (Å²) in [7, 11) is 0. The van der Waals surface area contributed by atoms with Gasteiger partial charge in [0.1, 0.15) is 18.5 Å². The predicted octanol–water partition coefficient (Wildman–Crippen LogP) is 3.85. The second-order valence-electron chi connectivity index (χ2n) is 8.92. The van der Waals surface area contributed by atoms with Crippen molar-refractivity contribution in [2.24, 2.45) is 5.92 Å². The molecule has 1 aromatic heterocycles. The van der Waals surface area contributed by atoms with Gasteiger partial charge in [0.15, 0.2) is 0 Å². The molecule has 0 N–H and O–H groups in total. The molecule has 1 amide bonds. The van der Waals surface area contributed by atoms with Gasteiger partial charge in [-0.15, -0.1) is 0 Å². The number of carbonyl (C=O) groups is 1. The van der Waals surface area contributed by atoms with Crippen LogP contribution < -0.4 is 4.90 Å². The van der Waals surface area contributed by atoms with Gasteiger partial charge in [0.05, 0.1) is 17.2 Å². The Hall–Kier alpha value is -2.43. The quantitative estimate of drug-likeness (QED) is 0.649. The second kappa shape index (κ2) is 7.92. The molecule has 1 aromatic carbocycles. The van der Waals surface area contributed by atoms with E-state index in [4.69, 9.17) is 10.00 Å². The number of amides is 1. The zero-order chi connectivity index (χ0) is 21.6. The van der Waals surface area contributed by atoms with Gasteiger partial charge in [0.25, 0.3) is 0 Å². The Kier molecular flexibility index (Phi) is 5.23. The first-order chi connectivity index (χ1) is 15.0. The van der Waals surface area contributed by atoms with Crippen LogP contribution in [0.15, 0.2) is 47.1 Å². The van der Waals surface area contributed by atoms with Crippen LogP contribution in [0.4, 0.5) is 5.82 Å². The number of hydrogen-bond acceptors (Lipinski definition) is 5. The summed E-state index contributed by atoms with van der Waals surface area (Å²) in [5, 5.41) is 9.03. The maximum absolute atomic E-state index is 13.1. The van der Waals surface area contributed by atoms with E-state index in [1.54, 1.807) is 6.20 Å². The van der Waals surface area contributed by atoms with E-state index in [0.717, 1.165) is 35.1 Å². The molecule has 5 rings (SSSR count). The molecule has 0 radical (unpaired) electrons. The van der Waals surface area contributed by atoms with Gasteiger partial charge in [-0.25, -0.2) is 4.98 Å². The number of piperazine rings is 1. The van der Waals surface area contributed by atoms with E-state index in [1.165, 1.54) is 0 Å². The van der Waals surface area contributed by atoms with E-state index < -0.39 is 0 Å². The fraction of sp³-hybridized carbons (Fsp3) is 0.458. The zero-order valence-corrected chi connectivity index (χ0v) is 19.1. The highest BCUT2D eigenvalue weighted by molar-refractivity contribution is 9.10. The summed E-state index contributed by atoms with van der Waals surface area (Å²) in [6, 6.07) is 14.5. The predicted molar refractivity (Wildman–Crippen MR) is 120 cm³/mol. The third-order valence-corrected chi connectivity index (χ3v) is 7.62. The molecule has 160 valence electrons. The lowest BCUT2D eigenvalue weighted by Gasteiger charge is -2.42. The lowest BCUT2D eigenvalue weighted by atomic mass is 10.0. The van der Waals surface area contributed by atoms with Crippen LogP contribution in [-0.4, -0.2) is 47.6 Å². The van der Waals surface area contributed by atoms with Crippen LogP contribution in [0.2, 0.25) is 0 Å². The number of halogens is 1. The first kappa shape index (κ1) is 20.5. The average Bonchev–Trinajstić information content (AvgIpc) is 3.54. The van der Waals surface area contributed by atoms with Crippen molar-refractivity contribution >= 4 is 27.7 Å². The normalized spacial score (nSPS) is 25.9. The molecule has 3 heterocycles. The number of aromatic nitrogens is 1. The molecule has 3 fully saturated rings. The van der Waals surface area contributed by atoms with Crippen molar-refractivity contribution in [3.8, 4) is 6.07 Å². The molecule has 31 heavy (non-hydrogen) atoms. The highest BCUT2D eigenvalue weighted by atomic mass is 79.9. The van der Waals surface area contributed by atoms with Crippen molar-refractivity contribution < 1.29 is 9.53 Å². The molecule has 6 nitrogen and oxygen atoms in total. The van der Waals surface area contributed by atoms with E-state index in [1.807, 2.05) is 35.2 Å². The Morgan fingerprint density at radius 1 is 1.29 bits per heavy atom. The minimum absolute atomic E-state index is 0.0647. The first-order valence-corrected chi connectivity index (χ1v) is 11.6. The summed E-state index contributed by atoms with van der Waals surface area (Å²) in [6.45, 7) is 3.73. The summed E-state index contributed by atoms with van der Waals surface area (Å²) in [6.07, 6.45) is 4.56. The van der Waals surface area contributed by atoms with Crippen molar-refractivity contribution in [2.45, 2.75) is 43.9 Å². The van der Waals surface area contributed by atoms with Crippen LogP contribution in [0, 0.1) is 17.2 Å². The van der Waals surface area contributed by atoms with E-state index in [0.29, 0.717) is 24.6 Å². The summed E-state index contributed by atoms with van der Waals surface area (Å²) in [5.41, 5.74) is 1.37. The topological polar surface area (TPSA) is 69.5 Å². The third-order valence-electron chi connectivity index (χ3n) is 6.92. The van der Waals surface area contributed by atoms with Crippen LogP contribution in [0.1, 0.15) is 37.3 Å². The molecule has 2 unspecified atom stereocenters. The Morgan fingerprint density at radius 3 is 2.74 bits per heavy atom. The van der Waals surface area contributed by atoms with Gasteiger partial charge in [-0.3, -0.25) is 4.79 Å². The Labute approximate surface area is 190 Å². The van der Waals surface area contributed by atoms with Crippen molar-refractivity contribution in [2.75, 3.05) is 24.6 Å². The van der Waals surface area contributed by atoms with Gasteiger partial charge in [0.2, 0.25) is 5.91 Å². The minimum atomic E-state index is -0.323. The van der Waals surface area contributed by atoms with E-state index in [-0.39, 0.29) is 30.2 Å². The van der Waals surface area contributed by atoms with Crippen LogP contribution in [0.3, 0.4) is 0 Å². The van der Waals surface area contributed by atoms with Crippen molar-refractivity contribution in [1.82, 2.24) is 9.88 Å². The molecule has 1 aliphatic carbocycles. The summed E-state index contributed by atoms with van der Waals surface area (Å²) < 4.78 is 7.24. The number of pyridine rings is 1. The zero-order valence-electron chi connectivity index (χ0n) is 17.5. The summed E-state index contributed by atoms with van der Waals surface area (Å²) in [5.74, 6) is 1.44. The lowest BCUT2D eigenvalue weighted by molar-refractivity contribution is -0.140. The van der Waals surface area contributed by atoms with E-state index >= 15 is 0 Å². The minimum Gasteiger partial charge on any atom is -0.360 e. The van der Waals surface area contributed by atoms with Crippen molar-refractivity contribution in [3.05, 3.63) is 58.2 Å². The second-order valence-corrected chi connectivity index (χ2v) is 9.77. The number of nitrogens with zero attached hydrogens (tertiary/aromatic N) is 4. The Bertz CT molecular complexity index is 1030. The molecule has 3 atom stereocenters. The van der Waals surface area contributed by atoms with Crippen LogP contribution in [-0.2, 0) is 15.1 Å². The van der Waals surface area contributed by atoms with Crippen LogP contribution >= 0.6 is 15.9 Å². The maximum atomic E-state index is 13.1. The van der Waals surface area contributed by atoms with Crippen LogP contribution in [0.5, 0.6) is 0 Å². The van der Waals surface area contributed by atoms with Gasteiger partial charge in [-0.2, -0.15) is 5.26 Å². The largest absolute Gasteiger partial charge is 0.360 e. The molecule has 2 aromatic rings. The van der Waals surface area contributed by atoms with E-state index in [9.17, 15) is 4.79 Å². The number of hydrogen-bond donors (Lipinski definition) is 0. The molecule has 2 aliphatic heterocycles. The number of nitriles is 1. The number of carbonyl (C=O) groups excluding carboxylic acids is 1. The number of anilines is 1. The standard InChI is InChI=1S/C24H25BrN4O2/c1-16-10-18-13-28(14-21(16)29(18)22-7-6-17(11-26)12-27-22)23(30)15-31-24(8-9-24)19-4-2-3-5-20(19)25/h2-7,12,16,18,21H,8-10,13-15H2,1H3/t16-,18?,21?/m1/s1. The lowest BCUT2D eigenvalue weighted by Crippen LogP contribution is -2.57. The van der Waals surface area contributed by atoms with Gasteiger partial charge in [0, 0.05) is 29.8 Å². The third kappa shape index (κ3) is 3.72. The van der Waals surface area contributed by atoms with E-state index in [2.05, 4.69) is 44.9 Å². The average molecular weight is 481 g/mol. The molecular weight excluding hydrogens is 456 g/mol. The summed E-state index contributed by atoms with van der Waals surface area (Å²) >= 11 is 3.62. The van der Waals surface area contributed by atoms with Crippen molar-refractivity contribution in [3.63, 3.8) is 0 Å². The molecule has 0 spiro atoms. The van der Waals surface area contributed by atoms with Gasteiger partial charge in [-0.05, 0) is 48.9 Å². The highest BCUT2D eigenvalue weighted by Crippen LogP contribution is 2.51. The maximum Gasteiger partial charge on any atom is 0.248 e. The van der Waals surface area contributed by atoms with Gasteiger partial charge >= 0.3 is 0 Å². The summed E-state index contributed by atoms with van der Waals surface area (Å²) in [4.78, 5) is 21.9. The Morgan fingerprint density at radius 2 is 2.10 bits per heavy atom. The first-order valence-electron chi connectivity index (χ1n) is 10.8. The molecule has 7 heteroatoms. The number of benzene rings is 1. The fourth-order valence-electron chi connectivity index (χ4n) is 5.12. The fourth-order valence-corrected chi connectivity index (χ4v) is 5.77. The smallest absolute Gasteiger partial charge is 0.248 e. The van der Waals surface area contributed by atoms with Crippen LogP contribution in [0.25, 0.3) is 0 Å². The van der Waals surface area contributed by atoms with Gasteiger partial charge < -0.3 is 14.5 Å². The number of ether oxygens (including phenoxy) is 1. The van der Waals surface area contributed by atoms with Gasteiger partial charge in [-0.1, -0.05) is 41.1 Å². The van der Waals surface area contributed by atoms with Crippen molar-refractivity contribution in [1.29, 1.82) is 5.26 Å². The molecule has 1 saturated carbocycles. The Balaban J connectivity index is 1.25. The highest BCUT2D eigenvalue weighted by Gasteiger charge is 2.49. The molecule has 2 bridgehead atoms.